The molecule has 0 bridgehead atoms. The summed E-state index contributed by atoms with van der Waals surface area (Å²) in [5, 5.41) is 3.90. The highest BCUT2D eigenvalue weighted by atomic mass is 35.5. The minimum absolute atomic E-state index is 0.579. The van der Waals surface area contributed by atoms with E-state index < -0.39 is 0 Å². The zero-order valence-corrected chi connectivity index (χ0v) is 11.2. The molecule has 3 rings (SSSR count). The number of halogens is 1. The summed E-state index contributed by atoms with van der Waals surface area (Å²) in [6.07, 6.45) is 1.68. The second kappa shape index (κ2) is 4.59. The maximum Gasteiger partial charge on any atom is 0.129 e. The summed E-state index contributed by atoms with van der Waals surface area (Å²) >= 11 is 7.36. The van der Waals surface area contributed by atoms with Crippen LogP contribution in [0.5, 0.6) is 0 Å². The van der Waals surface area contributed by atoms with Crippen LogP contribution in [-0.4, -0.2) is 8.75 Å². The van der Waals surface area contributed by atoms with Crippen LogP contribution in [0.3, 0.4) is 0 Å². The Hall–Kier alpha value is -1.59. The second-order valence-electron chi connectivity index (χ2n) is 3.93. The van der Waals surface area contributed by atoms with Gasteiger partial charge in [-0.3, -0.25) is 0 Å². The van der Waals surface area contributed by atoms with E-state index in [1.807, 2.05) is 25.1 Å². The Kier molecular flexibility index (Phi) is 2.93. The van der Waals surface area contributed by atoms with Crippen LogP contribution in [0, 0.1) is 6.92 Å². The van der Waals surface area contributed by atoms with Gasteiger partial charge in [0.25, 0.3) is 0 Å². The summed E-state index contributed by atoms with van der Waals surface area (Å²) in [7, 11) is 0. The smallest absolute Gasteiger partial charge is 0.129 e. The van der Waals surface area contributed by atoms with Crippen LogP contribution in [-0.2, 0) is 6.54 Å². The van der Waals surface area contributed by atoms with Gasteiger partial charge in [0.05, 0.1) is 35.2 Å². The monoisotopic (exact) mass is 279 g/mol. The van der Waals surface area contributed by atoms with Gasteiger partial charge in [-0.05, 0) is 30.7 Å². The van der Waals surface area contributed by atoms with E-state index in [-0.39, 0.29) is 0 Å². The minimum atomic E-state index is 0.579. The molecule has 0 spiro atoms. The number of anilines is 1. The van der Waals surface area contributed by atoms with E-state index in [1.54, 1.807) is 6.26 Å². The van der Waals surface area contributed by atoms with Crippen LogP contribution >= 0.6 is 23.3 Å². The van der Waals surface area contributed by atoms with Crippen LogP contribution < -0.4 is 5.32 Å². The van der Waals surface area contributed by atoms with Gasteiger partial charge in [-0.2, -0.15) is 8.75 Å². The molecule has 0 amide bonds. The van der Waals surface area contributed by atoms with Crippen LogP contribution in [0.1, 0.15) is 11.3 Å². The molecule has 1 aromatic carbocycles. The van der Waals surface area contributed by atoms with Crippen molar-refractivity contribution in [3.63, 3.8) is 0 Å². The zero-order chi connectivity index (χ0) is 12.5. The molecule has 0 aliphatic carbocycles. The lowest BCUT2D eigenvalue weighted by Gasteiger charge is -2.07. The van der Waals surface area contributed by atoms with Crippen LogP contribution in [0.2, 0.25) is 5.02 Å². The normalized spacial score (nSPS) is 11.0. The topological polar surface area (TPSA) is 51.0 Å². The van der Waals surface area contributed by atoms with Gasteiger partial charge >= 0.3 is 0 Å². The molecule has 0 atom stereocenters. The Morgan fingerprint density at radius 3 is 3.00 bits per heavy atom. The van der Waals surface area contributed by atoms with E-state index in [9.17, 15) is 0 Å². The van der Waals surface area contributed by atoms with Crippen molar-refractivity contribution in [2.75, 3.05) is 5.32 Å². The summed E-state index contributed by atoms with van der Waals surface area (Å²) in [5.41, 5.74) is 3.57. The number of nitrogens with one attached hydrogen (secondary N) is 1. The Labute approximate surface area is 113 Å². The Morgan fingerprint density at radius 2 is 2.22 bits per heavy atom. The zero-order valence-electron chi connectivity index (χ0n) is 9.61. The molecule has 0 saturated carbocycles. The molecule has 0 saturated heterocycles. The maximum absolute atomic E-state index is 6.18. The van der Waals surface area contributed by atoms with E-state index >= 15 is 0 Å². The summed E-state index contributed by atoms with van der Waals surface area (Å²) in [5.74, 6) is 0.895. The highest BCUT2D eigenvalue weighted by molar-refractivity contribution is 7.00. The Morgan fingerprint density at radius 1 is 1.33 bits per heavy atom. The molecule has 3 aromatic rings. The predicted molar refractivity (Wildman–Crippen MR) is 73.2 cm³/mol. The number of benzene rings is 1. The number of fused-ring (bicyclic) bond motifs is 1. The molecule has 0 radical (unpaired) electrons. The van der Waals surface area contributed by atoms with Crippen molar-refractivity contribution in [3.8, 4) is 0 Å². The van der Waals surface area contributed by atoms with Crippen molar-refractivity contribution in [2.24, 2.45) is 0 Å². The van der Waals surface area contributed by atoms with E-state index in [0.29, 0.717) is 11.6 Å². The fourth-order valence-corrected chi connectivity index (χ4v) is 2.51. The molecule has 0 aliphatic rings. The number of nitrogens with zero attached hydrogens (tertiary/aromatic N) is 2. The lowest BCUT2D eigenvalue weighted by molar-refractivity contribution is 0.515. The lowest BCUT2D eigenvalue weighted by atomic mass is 10.2. The van der Waals surface area contributed by atoms with E-state index in [2.05, 4.69) is 14.1 Å². The molecule has 0 fully saturated rings. The predicted octanol–water partition coefficient (Wildman–Crippen LogP) is 3.86. The standard InChI is InChI=1S/C12H10ClN3OS/c1-7-4-5-17-10(7)6-14-11-8(13)2-3-9-12(11)16-18-15-9/h2-5,14H,6H2,1H3. The third-order valence-electron chi connectivity index (χ3n) is 2.77. The summed E-state index contributed by atoms with van der Waals surface area (Å²) in [6.45, 7) is 2.59. The quantitative estimate of drug-likeness (QED) is 0.791. The van der Waals surface area contributed by atoms with Crippen LogP contribution in [0.15, 0.2) is 28.9 Å². The number of hydrogen-bond acceptors (Lipinski definition) is 5. The first-order valence-electron chi connectivity index (χ1n) is 5.43. The number of furan rings is 1. The molecule has 4 nitrogen and oxygen atoms in total. The maximum atomic E-state index is 6.18. The average Bonchev–Trinajstić information content (AvgIpc) is 2.97. The average molecular weight is 280 g/mol. The van der Waals surface area contributed by atoms with E-state index in [4.69, 9.17) is 16.0 Å². The van der Waals surface area contributed by atoms with Crippen molar-refractivity contribution >= 4 is 40.0 Å². The molecule has 2 heterocycles. The van der Waals surface area contributed by atoms with Gasteiger partial charge in [-0.1, -0.05) is 11.6 Å². The number of rotatable bonds is 3. The molecular formula is C12H10ClN3OS. The fraction of sp³-hybridized carbons (Fsp3) is 0.167. The van der Waals surface area contributed by atoms with E-state index in [0.717, 1.165) is 28.0 Å². The van der Waals surface area contributed by atoms with Gasteiger partial charge in [0, 0.05) is 0 Å². The van der Waals surface area contributed by atoms with Gasteiger partial charge in [0.2, 0.25) is 0 Å². The highest BCUT2D eigenvalue weighted by Crippen LogP contribution is 2.30. The molecule has 0 unspecified atom stereocenters. The fourth-order valence-electron chi connectivity index (χ4n) is 1.75. The Bertz CT molecular complexity index is 692. The van der Waals surface area contributed by atoms with Gasteiger partial charge in [-0.25, -0.2) is 0 Å². The first-order chi connectivity index (χ1) is 8.75. The number of hydrogen-bond donors (Lipinski definition) is 1. The van der Waals surface area contributed by atoms with Crippen molar-refractivity contribution in [1.82, 2.24) is 8.75 Å². The largest absolute Gasteiger partial charge is 0.467 e. The number of aromatic nitrogens is 2. The molecule has 2 aromatic heterocycles. The highest BCUT2D eigenvalue weighted by Gasteiger charge is 2.10. The molecule has 1 N–H and O–H groups in total. The minimum Gasteiger partial charge on any atom is -0.467 e. The third-order valence-corrected chi connectivity index (χ3v) is 3.63. The summed E-state index contributed by atoms with van der Waals surface area (Å²) in [4.78, 5) is 0. The summed E-state index contributed by atoms with van der Waals surface area (Å²) < 4.78 is 13.8. The molecule has 0 aliphatic heterocycles. The SMILES string of the molecule is Cc1ccoc1CNc1c(Cl)ccc2nsnc12. The third kappa shape index (κ3) is 1.95. The molecule has 6 heteroatoms. The molecular weight excluding hydrogens is 270 g/mol. The van der Waals surface area contributed by atoms with Crippen molar-refractivity contribution in [1.29, 1.82) is 0 Å². The van der Waals surface area contributed by atoms with Crippen molar-refractivity contribution in [3.05, 3.63) is 40.8 Å². The van der Waals surface area contributed by atoms with E-state index in [1.165, 1.54) is 11.7 Å². The van der Waals surface area contributed by atoms with Crippen LogP contribution in [0.4, 0.5) is 5.69 Å². The Balaban J connectivity index is 1.92. The van der Waals surface area contributed by atoms with Gasteiger partial charge in [0.15, 0.2) is 0 Å². The van der Waals surface area contributed by atoms with Crippen molar-refractivity contribution in [2.45, 2.75) is 13.5 Å². The number of aryl methyl sites for hydroxylation is 1. The molecule has 92 valence electrons. The molecule has 18 heavy (non-hydrogen) atoms. The summed E-state index contributed by atoms with van der Waals surface area (Å²) in [6, 6.07) is 5.62. The first-order valence-corrected chi connectivity index (χ1v) is 6.54. The van der Waals surface area contributed by atoms with Crippen LogP contribution in [0.25, 0.3) is 11.0 Å². The van der Waals surface area contributed by atoms with Crippen molar-refractivity contribution < 1.29 is 4.42 Å². The van der Waals surface area contributed by atoms with Gasteiger partial charge in [-0.15, -0.1) is 0 Å². The lowest BCUT2D eigenvalue weighted by Crippen LogP contribution is -2.00. The van der Waals surface area contributed by atoms with Gasteiger partial charge in [0.1, 0.15) is 16.8 Å². The first kappa shape index (κ1) is 11.5. The second-order valence-corrected chi connectivity index (χ2v) is 4.87. The van der Waals surface area contributed by atoms with Gasteiger partial charge < -0.3 is 9.73 Å².